The first-order chi connectivity index (χ1) is 9.74. The molecule has 3 nitrogen and oxygen atoms in total. The van der Waals surface area contributed by atoms with E-state index in [0.29, 0.717) is 17.9 Å². The number of rotatable bonds is 4. The standard InChI is InChI=1S/C16H21BrN2O/c17-15-4-2-1-3-13(15)11-18-14-7-9-19(10-8-14)16(20)12-5-6-12/h1-4,12,14,18H,5-11H2. The maximum atomic E-state index is 12.0. The Morgan fingerprint density at radius 2 is 1.90 bits per heavy atom. The third-order valence-electron chi connectivity index (χ3n) is 4.27. The van der Waals surface area contributed by atoms with Gasteiger partial charge < -0.3 is 10.2 Å². The molecule has 0 radical (unpaired) electrons. The van der Waals surface area contributed by atoms with Crippen LogP contribution in [0.1, 0.15) is 31.2 Å². The van der Waals surface area contributed by atoms with Gasteiger partial charge in [-0.3, -0.25) is 4.79 Å². The zero-order chi connectivity index (χ0) is 13.9. The van der Waals surface area contributed by atoms with Crippen LogP contribution < -0.4 is 5.32 Å². The molecule has 2 fully saturated rings. The summed E-state index contributed by atoms with van der Waals surface area (Å²) in [4.78, 5) is 14.1. The fraction of sp³-hybridized carbons (Fsp3) is 0.562. The second kappa shape index (κ2) is 6.27. The lowest BCUT2D eigenvalue weighted by Crippen LogP contribution is -2.45. The lowest BCUT2D eigenvalue weighted by atomic mass is 10.0. The first kappa shape index (κ1) is 14.1. The highest BCUT2D eigenvalue weighted by Gasteiger charge is 2.34. The van der Waals surface area contributed by atoms with Crippen molar-refractivity contribution in [2.24, 2.45) is 5.92 Å². The monoisotopic (exact) mass is 336 g/mol. The maximum Gasteiger partial charge on any atom is 0.225 e. The third-order valence-corrected chi connectivity index (χ3v) is 5.05. The van der Waals surface area contributed by atoms with Gasteiger partial charge in [-0.25, -0.2) is 0 Å². The van der Waals surface area contributed by atoms with Crippen LogP contribution in [0, 0.1) is 5.92 Å². The number of halogens is 1. The Kier molecular flexibility index (Phi) is 4.41. The van der Waals surface area contributed by atoms with Crippen molar-refractivity contribution in [3.05, 3.63) is 34.3 Å². The SMILES string of the molecule is O=C(C1CC1)N1CCC(NCc2ccccc2Br)CC1. The van der Waals surface area contributed by atoms with Crippen LogP contribution in [0.5, 0.6) is 0 Å². The van der Waals surface area contributed by atoms with E-state index in [1.807, 2.05) is 6.07 Å². The minimum atomic E-state index is 0.361. The van der Waals surface area contributed by atoms with Gasteiger partial charge in [0.05, 0.1) is 0 Å². The number of amides is 1. The molecule has 1 heterocycles. The summed E-state index contributed by atoms with van der Waals surface area (Å²) in [7, 11) is 0. The molecule has 0 spiro atoms. The van der Waals surface area contributed by atoms with Gasteiger partial charge in [0, 0.05) is 36.1 Å². The highest BCUT2D eigenvalue weighted by Crippen LogP contribution is 2.31. The molecule has 108 valence electrons. The van der Waals surface area contributed by atoms with Crippen molar-refractivity contribution in [3.8, 4) is 0 Å². The molecular formula is C16H21BrN2O. The number of carbonyl (C=O) groups excluding carboxylic acids is 1. The topological polar surface area (TPSA) is 32.3 Å². The fourth-order valence-electron chi connectivity index (χ4n) is 2.79. The van der Waals surface area contributed by atoms with E-state index in [4.69, 9.17) is 0 Å². The highest BCUT2D eigenvalue weighted by molar-refractivity contribution is 9.10. The van der Waals surface area contributed by atoms with Crippen molar-refractivity contribution in [2.75, 3.05) is 13.1 Å². The molecule has 0 unspecified atom stereocenters. The van der Waals surface area contributed by atoms with Crippen molar-refractivity contribution < 1.29 is 4.79 Å². The van der Waals surface area contributed by atoms with Gasteiger partial charge in [-0.15, -0.1) is 0 Å². The molecule has 0 bridgehead atoms. The first-order valence-corrected chi connectivity index (χ1v) is 8.29. The number of hydrogen-bond donors (Lipinski definition) is 1. The molecule has 1 aromatic rings. The van der Waals surface area contributed by atoms with Gasteiger partial charge in [-0.1, -0.05) is 34.1 Å². The molecule has 4 heteroatoms. The van der Waals surface area contributed by atoms with Crippen molar-refractivity contribution >= 4 is 21.8 Å². The molecule has 1 aliphatic heterocycles. The lowest BCUT2D eigenvalue weighted by Gasteiger charge is -2.32. The maximum absolute atomic E-state index is 12.0. The van der Waals surface area contributed by atoms with Crippen LogP contribution in [0.4, 0.5) is 0 Å². The van der Waals surface area contributed by atoms with E-state index in [0.717, 1.165) is 49.8 Å². The molecule has 3 rings (SSSR count). The van der Waals surface area contributed by atoms with Gasteiger partial charge in [0.1, 0.15) is 0 Å². The number of benzene rings is 1. The summed E-state index contributed by atoms with van der Waals surface area (Å²) in [5, 5.41) is 3.62. The number of likely N-dealkylation sites (tertiary alicyclic amines) is 1. The van der Waals surface area contributed by atoms with Gasteiger partial charge in [-0.2, -0.15) is 0 Å². The predicted octanol–water partition coefficient (Wildman–Crippen LogP) is 2.94. The number of nitrogens with zero attached hydrogens (tertiary/aromatic N) is 1. The van der Waals surface area contributed by atoms with Crippen LogP contribution in [0.2, 0.25) is 0 Å². The summed E-state index contributed by atoms with van der Waals surface area (Å²) in [6.07, 6.45) is 4.36. The van der Waals surface area contributed by atoms with Gasteiger partial charge in [0.25, 0.3) is 0 Å². The zero-order valence-electron chi connectivity index (χ0n) is 11.6. The Bertz CT molecular complexity index is 479. The Morgan fingerprint density at radius 1 is 1.20 bits per heavy atom. The van der Waals surface area contributed by atoms with E-state index in [1.54, 1.807) is 0 Å². The van der Waals surface area contributed by atoms with Crippen molar-refractivity contribution in [2.45, 2.75) is 38.3 Å². The van der Waals surface area contributed by atoms with E-state index in [-0.39, 0.29) is 0 Å². The number of piperidine rings is 1. The summed E-state index contributed by atoms with van der Waals surface area (Å²) >= 11 is 3.58. The molecule has 1 N–H and O–H groups in total. The van der Waals surface area contributed by atoms with Crippen LogP contribution in [0.3, 0.4) is 0 Å². The van der Waals surface area contributed by atoms with Crippen molar-refractivity contribution in [1.82, 2.24) is 10.2 Å². The molecule has 1 aromatic carbocycles. The molecule has 1 amide bonds. The number of carbonyl (C=O) groups is 1. The predicted molar refractivity (Wildman–Crippen MR) is 83.3 cm³/mol. The summed E-state index contributed by atoms with van der Waals surface area (Å²) in [6, 6.07) is 8.86. The van der Waals surface area contributed by atoms with Crippen LogP contribution in [-0.4, -0.2) is 29.9 Å². The van der Waals surface area contributed by atoms with Gasteiger partial charge in [0.15, 0.2) is 0 Å². The quantitative estimate of drug-likeness (QED) is 0.916. The average Bonchev–Trinajstić information content (AvgIpc) is 3.31. The molecule has 0 atom stereocenters. The van der Waals surface area contributed by atoms with E-state index >= 15 is 0 Å². The summed E-state index contributed by atoms with van der Waals surface area (Å²) in [5.41, 5.74) is 1.30. The number of nitrogens with one attached hydrogen (secondary N) is 1. The Hall–Kier alpha value is -0.870. The van der Waals surface area contributed by atoms with Gasteiger partial charge in [-0.05, 0) is 37.3 Å². The largest absolute Gasteiger partial charge is 0.342 e. The molecule has 2 aliphatic rings. The van der Waals surface area contributed by atoms with E-state index in [9.17, 15) is 4.79 Å². The molecule has 1 saturated heterocycles. The normalized spacial score (nSPS) is 20.1. The number of hydrogen-bond acceptors (Lipinski definition) is 2. The minimum absolute atomic E-state index is 0.361. The first-order valence-electron chi connectivity index (χ1n) is 7.49. The van der Waals surface area contributed by atoms with E-state index < -0.39 is 0 Å². The third kappa shape index (κ3) is 3.41. The molecule has 0 aromatic heterocycles. The Balaban J connectivity index is 1.44. The minimum Gasteiger partial charge on any atom is -0.342 e. The smallest absolute Gasteiger partial charge is 0.225 e. The van der Waals surface area contributed by atoms with Gasteiger partial charge in [0.2, 0.25) is 5.91 Å². The molecule has 1 aliphatic carbocycles. The molecular weight excluding hydrogens is 316 g/mol. The summed E-state index contributed by atoms with van der Waals surface area (Å²) in [5.74, 6) is 0.758. The van der Waals surface area contributed by atoms with E-state index in [1.165, 1.54) is 5.56 Å². The average molecular weight is 337 g/mol. The molecule has 20 heavy (non-hydrogen) atoms. The Morgan fingerprint density at radius 3 is 2.55 bits per heavy atom. The zero-order valence-corrected chi connectivity index (χ0v) is 13.2. The molecule has 1 saturated carbocycles. The van der Waals surface area contributed by atoms with Gasteiger partial charge >= 0.3 is 0 Å². The van der Waals surface area contributed by atoms with Crippen LogP contribution >= 0.6 is 15.9 Å². The van der Waals surface area contributed by atoms with Crippen LogP contribution in [0.25, 0.3) is 0 Å². The Labute approximate surface area is 128 Å². The highest BCUT2D eigenvalue weighted by atomic mass is 79.9. The fourth-order valence-corrected chi connectivity index (χ4v) is 3.21. The van der Waals surface area contributed by atoms with Crippen LogP contribution in [0.15, 0.2) is 28.7 Å². The second-order valence-electron chi connectivity index (χ2n) is 5.85. The second-order valence-corrected chi connectivity index (χ2v) is 6.70. The lowest BCUT2D eigenvalue weighted by molar-refractivity contribution is -0.133. The van der Waals surface area contributed by atoms with Crippen molar-refractivity contribution in [3.63, 3.8) is 0 Å². The van der Waals surface area contributed by atoms with Crippen LogP contribution in [-0.2, 0) is 11.3 Å². The summed E-state index contributed by atoms with van der Waals surface area (Å²) in [6.45, 7) is 2.73. The summed E-state index contributed by atoms with van der Waals surface area (Å²) < 4.78 is 1.16. The van der Waals surface area contributed by atoms with E-state index in [2.05, 4.69) is 44.3 Å². The van der Waals surface area contributed by atoms with Crippen molar-refractivity contribution in [1.29, 1.82) is 0 Å².